The number of aliphatic hydroxyl groups is 1. The quantitative estimate of drug-likeness (QED) is 0.575. The van der Waals surface area contributed by atoms with E-state index in [-0.39, 0.29) is 35.1 Å². The van der Waals surface area contributed by atoms with Crippen molar-refractivity contribution >= 4 is 23.5 Å². The molecule has 0 unspecified atom stereocenters. The van der Waals surface area contributed by atoms with Gasteiger partial charge in [0.25, 0.3) is 0 Å². The Kier molecular flexibility index (Phi) is 5.40. The van der Waals surface area contributed by atoms with Gasteiger partial charge in [-0.3, -0.25) is 19.2 Å². The van der Waals surface area contributed by atoms with Crippen LogP contribution in [-0.4, -0.2) is 69.0 Å². The molecule has 0 aromatic heterocycles. The molecule has 0 bridgehead atoms. The van der Waals surface area contributed by atoms with Crippen molar-refractivity contribution in [3.05, 3.63) is 40.5 Å². The maximum atomic E-state index is 13.5. The lowest BCUT2D eigenvalue weighted by atomic mass is 9.73. The molecule has 1 aromatic rings. The van der Waals surface area contributed by atoms with E-state index in [9.17, 15) is 34.5 Å². The number of aromatic hydroxyl groups is 1. The minimum atomic E-state index is -2.25. The Hall–Kier alpha value is -3.08. The van der Waals surface area contributed by atoms with E-state index < -0.39 is 65.9 Å². The van der Waals surface area contributed by atoms with Crippen LogP contribution in [0.5, 0.6) is 5.75 Å². The lowest BCUT2D eigenvalue weighted by Crippen LogP contribution is -2.65. The molecule has 1 saturated heterocycles. The Morgan fingerprint density at radius 2 is 1.94 bits per heavy atom. The number of aliphatic hydroxyl groups excluding tert-OH is 1. The van der Waals surface area contributed by atoms with E-state index in [1.165, 1.54) is 18.2 Å². The number of ether oxygens (including phenoxy) is 3. The molecule has 5 atom stereocenters. The summed E-state index contributed by atoms with van der Waals surface area (Å²) in [4.78, 5) is 49.8. The Bertz CT molecular complexity index is 1060. The average Bonchev–Trinajstić information content (AvgIpc) is 2.68. The standard InChI is InChI=1S/C22H22O10/c1-9-6-15(30-10(2)23)21(29)22(31-9)18-13(7-11(32-22)8-16(25)26)19(27)12-4-3-5-14(24)17(12)20(18)28/h3-5,9,11,15,21,24,29H,6-8H2,1-2H3,(H,25,26)/t9-,11+,15-,21+,22-/m1/s1. The Balaban J connectivity index is 1.92. The minimum absolute atomic E-state index is 0.0326. The van der Waals surface area contributed by atoms with E-state index in [2.05, 4.69) is 0 Å². The zero-order valence-electron chi connectivity index (χ0n) is 17.4. The normalized spacial score (nSPS) is 31.8. The first-order valence-electron chi connectivity index (χ1n) is 10.1. The summed E-state index contributed by atoms with van der Waals surface area (Å²) in [6.45, 7) is 2.76. The molecule has 10 nitrogen and oxygen atoms in total. The second kappa shape index (κ2) is 7.80. The molecule has 1 aliphatic carbocycles. The van der Waals surface area contributed by atoms with E-state index in [0.717, 1.165) is 6.92 Å². The van der Waals surface area contributed by atoms with E-state index in [0.29, 0.717) is 0 Å². The smallest absolute Gasteiger partial charge is 0.305 e. The van der Waals surface area contributed by atoms with Gasteiger partial charge in [-0.1, -0.05) is 12.1 Å². The molecule has 1 aromatic carbocycles. The van der Waals surface area contributed by atoms with E-state index >= 15 is 0 Å². The van der Waals surface area contributed by atoms with Crippen molar-refractivity contribution in [2.75, 3.05) is 0 Å². The van der Waals surface area contributed by atoms with Crippen LogP contribution in [0, 0.1) is 0 Å². The number of phenols is 1. The summed E-state index contributed by atoms with van der Waals surface area (Å²) in [5.74, 6) is -5.95. The summed E-state index contributed by atoms with van der Waals surface area (Å²) in [6.07, 6.45) is -5.28. The molecular formula is C22H22O10. The molecule has 3 aliphatic rings. The second-order valence-electron chi connectivity index (χ2n) is 8.18. The zero-order chi connectivity index (χ0) is 23.4. The Morgan fingerprint density at radius 3 is 2.59 bits per heavy atom. The number of Topliss-reactive ketones (excluding diaryl/α,β-unsaturated/α-hetero) is 2. The lowest BCUT2D eigenvalue weighted by molar-refractivity contribution is -0.334. The van der Waals surface area contributed by atoms with Crippen LogP contribution < -0.4 is 0 Å². The fourth-order valence-electron chi connectivity index (χ4n) is 4.70. The maximum absolute atomic E-state index is 13.5. The number of fused-ring (bicyclic) bond motifs is 2. The molecular weight excluding hydrogens is 424 g/mol. The van der Waals surface area contributed by atoms with E-state index in [1.807, 2.05) is 0 Å². The zero-order valence-corrected chi connectivity index (χ0v) is 17.4. The maximum Gasteiger partial charge on any atom is 0.305 e. The number of benzene rings is 1. The first-order chi connectivity index (χ1) is 15.0. The van der Waals surface area contributed by atoms with Crippen molar-refractivity contribution < 1.29 is 48.7 Å². The van der Waals surface area contributed by atoms with Crippen molar-refractivity contribution in [1.82, 2.24) is 0 Å². The molecule has 170 valence electrons. The molecule has 0 saturated carbocycles. The van der Waals surface area contributed by atoms with Gasteiger partial charge in [-0.25, -0.2) is 0 Å². The average molecular weight is 446 g/mol. The molecule has 10 heteroatoms. The number of carboxylic acid groups (broad SMARTS) is 1. The molecule has 2 aliphatic heterocycles. The third-order valence-electron chi connectivity index (χ3n) is 5.84. The predicted octanol–water partition coefficient (Wildman–Crippen LogP) is 1.13. The first-order valence-corrected chi connectivity index (χ1v) is 10.1. The van der Waals surface area contributed by atoms with Crippen LogP contribution in [0.3, 0.4) is 0 Å². The van der Waals surface area contributed by atoms with Crippen LogP contribution in [0.2, 0.25) is 0 Å². The van der Waals surface area contributed by atoms with Crippen LogP contribution in [0.15, 0.2) is 29.3 Å². The summed E-state index contributed by atoms with van der Waals surface area (Å²) in [5.41, 5.74) is -0.654. The number of carbonyl (C=O) groups is 4. The number of rotatable bonds is 3. The van der Waals surface area contributed by atoms with Gasteiger partial charge in [0, 0.05) is 30.9 Å². The number of carbonyl (C=O) groups excluding carboxylic acids is 3. The molecule has 1 fully saturated rings. The first kappa shape index (κ1) is 22.1. The van der Waals surface area contributed by atoms with Gasteiger partial charge in [-0.05, 0) is 13.0 Å². The molecule has 0 amide bonds. The van der Waals surface area contributed by atoms with E-state index in [4.69, 9.17) is 14.2 Å². The molecule has 32 heavy (non-hydrogen) atoms. The van der Waals surface area contributed by atoms with Crippen LogP contribution >= 0.6 is 0 Å². The summed E-state index contributed by atoms with van der Waals surface area (Å²) in [7, 11) is 0. The fourth-order valence-corrected chi connectivity index (χ4v) is 4.70. The van der Waals surface area contributed by atoms with Crippen molar-refractivity contribution in [2.45, 2.75) is 63.3 Å². The van der Waals surface area contributed by atoms with Crippen molar-refractivity contribution in [3.63, 3.8) is 0 Å². The molecule has 0 radical (unpaired) electrons. The van der Waals surface area contributed by atoms with Crippen molar-refractivity contribution in [1.29, 1.82) is 0 Å². The van der Waals surface area contributed by atoms with Gasteiger partial charge in [0.15, 0.2) is 11.6 Å². The van der Waals surface area contributed by atoms with Gasteiger partial charge in [0.2, 0.25) is 5.79 Å². The lowest BCUT2D eigenvalue weighted by Gasteiger charge is -2.51. The van der Waals surface area contributed by atoms with Gasteiger partial charge < -0.3 is 29.5 Å². The van der Waals surface area contributed by atoms with Crippen LogP contribution in [0.1, 0.15) is 53.8 Å². The van der Waals surface area contributed by atoms with Gasteiger partial charge >= 0.3 is 11.9 Å². The van der Waals surface area contributed by atoms with Gasteiger partial charge in [-0.15, -0.1) is 0 Å². The number of hydrogen-bond donors (Lipinski definition) is 3. The SMILES string of the molecule is CC(=O)O[C@@H]1C[C@@H](C)O[C@]2(O[C@H](CC(=O)O)CC3=C2C(=O)c2c(O)cccc2C3=O)[C@H]1O. The molecule has 1 spiro atoms. The summed E-state index contributed by atoms with van der Waals surface area (Å²) in [6, 6.07) is 4.05. The van der Waals surface area contributed by atoms with Crippen molar-refractivity contribution in [2.24, 2.45) is 0 Å². The molecule has 3 N–H and O–H groups in total. The number of hydrogen-bond acceptors (Lipinski definition) is 9. The van der Waals surface area contributed by atoms with E-state index in [1.54, 1.807) is 6.92 Å². The topological polar surface area (TPSA) is 157 Å². The third kappa shape index (κ3) is 3.40. The number of carboxylic acids is 1. The highest BCUT2D eigenvalue weighted by atomic mass is 16.7. The highest BCUT2D eigenvalue weighted by molar-refractivity contribution is 6.28. The summed E-state index contributed by atoms with van der Waals surface area (Å²) >= 11 is 0. The fraction of sp³-hybridized carbons (Fsp3) is 0.455. The largest absolute Gasteiger partial charge is 0.507 e. The number of phenolic OH excluding ortho intramolecular Hbond substituents is 1. The monoisotopic (exact) mass is 446 g/mol. The Morgan fingerprint density at radius 1 is 1.22 bits per heavy atom. The summed E-state index contributed by atoms with van der Waals surface area (Å²) in [5, 5.41) is 30.8. The molecule has 4 rings (SSSR count). The minimum Gasteiger partial charge on any atom is -0.507 e. The number of esters is 1. The second-order valence-corrected chi connectivity index (χ2v) is 8.18. The van der Waals surface area contributed by atoms with Crippen LogP contribution in [-0.2, 0) is 23.8 Å². The van der Waals surface area contributed by atoms with Gasteiger partial charge in [0.1, 0.15) is 18.0 Å². The predicted molar refractivity (Wildman–Crippen MR) is 105 cm³/mol. The third-order valence-corrected chi connectivity index (χ3v) is 5.84. The summed E-state index contributed by atoms with van der Waals surface area (Å²) < 4.78 is 17.1. The molecule has 2 heterocycles. The van der Waals surface area contributed by atoms with Gasteiger partial charge in [0.05, 0.1) is 29.8 Å². The number of ketones is 2. The highest BCUT2D eigenvalue weighted by Crippen LogP contribution is 2.49. The Labute approximate surface area is 182 Å². The van der Waals surface area contributed by atoms with Gasteiger partial charge in [-0.2, -0.15) is 0 Å². The number of aliphatic carboxylic acids is 1. The highest BCUT2D eigenvalue weighted by Gasteiger charge is 2.61. The van der Waals surface area contributed by atoms with Crippen LogP contribution in [0.25, 0.3) is 0 Å². The van der Waals surface area contributed by atoms with Crippen LogP contribution in [0.4, 0.5) is 0 Å². The van der Waals surface area contributed by atoms with Crippen molar-refractivity contribution in [3.8, 4) is 5.75 Å².